The lowest BCUT2D eigenvalue weighted by molar-refractivity contribution is 0.352. The van der Waals surface area contributed by atoms with Crippen molar-refractivity contribution in [3.05, 3.63) is 12.3 Å². The van der Waals surface area contributed by atoms with Crippen LogP contribution in [0.25, 0.3) is 0 Å². The van der Waals surface area contributed by atoms with Gasteiger partial charge >= 0.3 is 0 Å². The van der Waals surface area contributed by atoms with Crippen molar-refractivity contribution in [3.8, 4) is 0 Å². The SMILES string of the molecule is CN(C)c1nccc(NCCN2CCCC2)n1. The molecule has 0 aromatic carbocycles. The summed E-state index contributed by atoms with van der Waals surface area (Å²) in [7, 11) is 3.90. The van der Waals surface area contributed by atoms with E-state index in [1.165, 1.54) is 25.9 Å². The van der Waals surface area contributed by atoms with Crippen molar-refractivity contribution in [1.82, 2.24) is 14.9 Å². The van der Waals surface area contributed by atoms with E-state index in [-0.39, 0.29) is 0 Å². The number of aromatic nitrogens is 2. The Kier molecular flexibility index (Phi) is 4.14. The van der Waals surface area contributed by atoms with Crippen LogP contribution >= 0.6 is 0 Å². The average molecular weight is 235 g/mol. The molecule has 1 N–H and O–H groups in total. The van der Waals surface area contributed by atoms with Crippen LogP contribution in [0.1, 0.15) is 12.8 Å². The number of hydrogen-bond acceptors (Lipinski definition) is 5. The first kappa shape index (κ1) is 12.1. The molecule has 2 rings (SSSR count). The van der Waals surface area contributed by atoms with Crippen molar-refractivity contribution in [3.63, 3.8) is 0 Å². The Balaban J connectivity index is 1.79. The minimum atomic E-state index is 0.746. The van der Waals surface area contributed by atoms with Gasteiger partial charge < -0.3 is 15.1 Å². The summed E-state index contributed by atoms with van der Waals surface area (Å²) in [5, 5.41) is 3.35. The Bertz CT molecular complexity index is 347. The smallest absolute Gasteiger partial charge is 0.226 e. The van der Waals surface area contributed by atoms with Gasteiger partial charge in [-0.25, -0.2) is 4.98 Å². The first-order chi connectivity index (χ1) is 8.25. The van der Waals surface area contributed by atoms with Gasteiger partial charge in [0.15, 0.2) is 0 Å². The monoisotopic (exact) mass is 235 g/mol. The van der Waals surface area contributed by atoms with Crippen LogP contribution in [-0.4, -0.2) is 55.1 Å². The molecule has 0 atom stereocenters. The summed E-state index contributed by atoms with van der Waals surface area (Å²) in [6.07, 6.45) is 4.48. The number of nitrogens with one attached hydrogen (secondary N) is 1. The van der Waals surface area contributed by atoms with Gasteiger partial charge in [0.2, 0.25) is 5.95 Å². The van der Waals surface area contributed by atoms with E-state index in [0.29, 0.717) is 0 Å². The Labute approximate surface area is 103 Å². The van der Waals surface area contributed by atoms with Crippen molar-refractivity contribution in [2.24, 2.45) is 0 Å². The zero-order valence-corrected chi connectivity index (χ0v) is 10.7. The van der Waals surface area contributed by atoms with Gasteiger partial charge in [-0.2, -0.15) is 4.98 Å². The fourth-order valence-electron chi connectivity index (χ4n) is 2.01. The topological polar surface area (TPSA) is 44.3 Å². The Morgan fingerprint density at radius 1 is 1.35 bits per heavy atom. The van der Waals surface area contributed by atoms with E-state index in [1.54, 1.807) is 6.20 Å². The van der Waals surface area contributed by atoms with Crippen LogP contribution in [0.15, 0.2) is 12.3 Å². The van der Waals surface area contributed by atoms with Crippen LogP contribution in [-0.2, 0) is 0 Å². The first-order valence-electron chi connectivity index (χ1n) is 6.22. The minimum absolute atomic E-state index is 0.746. The maximum absolute atomic E-state index is 4.42. The average Bonchev–Trinajstić information content (AvgIpc) is 2.82. The highest BCUT2D eigenvalue weighted by Gasteiger charge is 2.10. The molecule has 0 saturated carbocycles. The molecule has 0 spiro atoms. The van der Waals surface area contributed by atoms with Gasteiger partial charge in [0.25, 0.3) is 0 Å². The molecule has 1 aliphatic heterocycles. The highest BCUT2D eigenvalue weighted by molar-refractivity contribution is 5.40. The molecule has 17 heavy (non-hydrogen) atoms. The second-order valence-electron chi connectivity index (χ2n) is 4.61. The van der Waals surface area contributed by atoms with Crippen molar-refractivity contribution in [1.29, 1.82) is 0 Å². The quantitative estimate of drug-likeness (QED) is 0.826. The van der Waals surface area contributed by atoms with Crippen molar-refractivity contribution in [2.45, 2.75) is 12.8 Å². The van der Waals surface area contributed by atoms with Crippen LogP contribution in [0.3, 0.4) is 0 Å². The molecule has 1 aromatic heterocycles. The van der Waals surface area contributed by atoms with Crippen molar-refractivity contribution < 1.29 is 0 Å². The van der Waals surface area contributed by atoms with Gasteiger partial charge in [0.1, 0.15) is 5.82 Å². The van der Waals surface area contributed by atoms with E-state index in [0.717, 1.165) is 24.9 Å². The van der Waals surface area contributed by atoms with Crippen LogP contribution in [0.5, 0.6) is 0 Å². The first-order valence-corrected chi connectivity index (χ1v) is 6.22. The second-order valence-corrected chi connectivity index (χ2v) is 4.61. The number of nitrogens with zero attached hydrogens (tertiary/aromatic N) is 4. The summed E-state index contributed by atoms with van der Waals surface area (Å²) in [5.74, 6) is 1.65. The molecule has 2 heterocycles. The lowest BCUT2D eigenvalue weighted by Crippen LogP contribution is -2.26. The number of anilines is 2. The molecule has 1 fully saturated rings. The van der Waals surface area contributed by atoms with Gasteiger partial charge in [-0.05, 0) is 32.0 Å². The third-order valence-electron chi connectivity index (χ3n) is 2.98. The molecule has 0 radical (unpaired) electrons. The molecule has 5 nitrogen and oxygen atoms in total. The van der Waals surface area contributed by atoms with Gasteiger partial charge in [0.05, 0.1) is 0 Å². The van der Waals surface area contributed by atoms with E-state index < -0.39 is 0 Å². The normalized spacial score (nSPS) is 16.1. The van der Waals surface area contributed by atoms with Crippen LogP contribution in [0, 0.1) is 0 Å². The number of likely N-dealkylation sites (tertiary alicyclic amines) is 1. The molecular formula is C12H21N5. The molecule has 1 aliphatic rings. The predicted molar refractivity (Wildman–Crippen MR) is 70.5 cm³/mol. The van der Waals surface area contributed by atoms with E-state index in [9.17, 15) is 0 Å². The summed E-state index contributed by atoms with van der Waals surface area (Å²) in [6.45, 7) is 4.54. The summed E-state index contributed by atoms with van der Waals surface area (Å²) >= 11 is 0. The largest absolute Gasteiger partial charge is 0.369 e. The van der Waals surface area contributed by atoms with Crippen molar-refractivity contribution in [2.75, 3.05) is 50.5 Å². The molecule has 0 aliphatic carbocycles. The fraction of sp³-hybridized carbons (Fsp3) is 0.667. The molecule has 0 unspecified atom stereocenters. The summed E-state index contributed by atoms with van der Waals surface area (Å²) < 4.78 is 0. The number of hydrogen-bond donors (Lipinski definition) is 1. The summed E-state index contributed by atoms with van der Waals surface area (Å²) in [6, 6.07) is 1.91. The Morgan fingerprint density at radius 2 is 2.12 bits per heavy atom. The number of rotatable bonds is 5. The third kappa shape index (κ3) is 3.56. The van der Waals surface area contributed by atoms with E-state index in [4.69, 9.17) is 0 Å². The Hall–Kier alpha value is -1.36. The van der Waals surface area contributed by atoms with Crippen LogP contribution < -0.4 is 10.2 Å². The summed E-state index contributed by atoms with van der Waals surface area (Å²) in [4.78, 5) is 13.0. The van der Waals surface area contributed by atoms with E-state index in [1.807, 2.05) is 25.1 Å². The molecule has 94 valence electrons. The Morgan fingerprint density at radius 3 is 2.82 bits per heavy atom. The molecule has 1 aromatic rings. The third-order valence-corrected chi connectivity index (χ3v) is 2.98. The van der Waals surface area contributed by atoms with E-state index >= 15 is 0 Å². The molecule has 5 heteroatoms. The second kappa shape index (κ2) is 5.82. The maximum atomic E-state index is 4.42. The van der Waals surface area contributed by atoms with Crippen LogP contribution in [0.4, 0.5) is 11.8 Å². The summed E-state index contributed by atoms with van der Waals surface area (Å²) in [5.41, 5.74) is 0. The molecule has 1 saturated heterocycles. The molecule has 0 amide bonds. The van der Waals surface area contributed by atoms with Gasteiger partial charge in [-0.15, -0.1) is 0 Å². The molecular weight excluding hydrogens is 214 g/mol. The zero-order chi connectivity index (χ0) is 12.1. The standard InChI is InChI=1S/C12H21N5/c1-16(2)12-14-6-5-11(15-12)13-7-10-17-8-3-4-9-17/h5-6H,3-4,7-10H2,1-2H3,(H,13,14,15). The van der Waals surface area contributed by atoms with Crippen LogP contribution in [0.2, 0.25) is 0 Å². The highest BCUT2D eigenvalue weighted by atomic mass is 15.2. The fourth-order valence-corrected chi connectivity index (χ4v) is 2.01. The highest BCUT2D eigenvalue weighted by Crippen LogP contribution is 2.09. The van der Waals surface area contributed by atoms with Crippen molar-refractivity contribution >= 4 is 11.8 Å². The lowest BCUT2D eigenvalue weighted by atomic mass is 10.4. The van der Waals surface area contributed by atoms with Gasteiger partial charge in [0, 0.05) is 33.4 Å². The van der Waals surface area contributed by atoms with E-state index in [2.05, 4.69) is 20.2 Å². The minimum Gasteiger partial charge on any atom is -0.369 e. The predicted octanol–water partition coefficient (Wildman–Crippen LogP) is 1.05. The molecule has 0 bridgehead atoms. The van der Waals surface area contributed by atoms with Gasteiger partial charge in [-0.1, -0.05) is 0 Å². The van der Waals surface area contributed by atoms with Gasteiger partial charge in [-0.3, -0.25) is 0 Å². The lowest BCUT2D eigenvalue weighted by Gasteiger charge is -2.15. The zero-order valence-electron chi connectivity index (χ0n) is 10.7. The maximum Gasteiger partial charge on any atom is 0.226 e.